The molecule has 2 aromatic rings. The molecule has 0 aliphatic heterocycles. The van der Waals surface area contributed by atoms with Crippen LogP contribution in [0.5, 0.6) is 5.75 Å². The summed E-state index contributed by atoms with van der Waals surface area (Å²) in [5, 5.41) is 14.5. The maximum Gasteiger partial charge on any atom is 0.277 e. The fourth-order valence-corrected chi connectivity index (χ4v) is 2.35. The number of amides is 1. The van der Waals surface area contributed by atoms with Crippen molar-refractivity contribution in [1.29, 1.82) is 0 Å². The molecule has 0 fully saturated rings. The van der Waals surface area contributed by atoms with Gasteiger partial charge in [-0.15, -0.1) is 0 Å². The average molecular weight is 369 g/mol. The molecule has 0 bridgehead atoms. The van der Waals surface area contributed by atoms with Crippen LogP contribution in [-0.2, 0) is 10.2 Å². The summed E-state index contributed by atoms with van der Waals surface area (Å²) < 4.78 is 5.54. The molecule has 7 heteroatoms. The van der Waals surface area contributed by atoms with Crippen molar-refractivity contribution in [2.45, 2.75) is 33.1 Å². The molecule has 0 aromatic heterocycles. The van der Waals surface area contributed by atoms with Crippen LogP contribution in [0.25, 0.3) is 0 Å². The SMILES string of the molecule is Cc1cc(C(C)(C)C)ccc1OCC(=O)N/N=C\c1cccc([N+](=O)[O-])c1. The number of nitrogens with zero attached hydrogens (tertiary/aromatic N) is 2. The van der Waals surface area contributed by atoms with E-state index in [4.69, 9.17) is 4.74 Å². The molecule has 0 aliphatic carbocycles. The number of nitro groups is 1. The molecule has 0 spiro atoms. The maximum absolute atomic E-state index is 11.9. The fourth-order valence-electron chi connectivity index (χ4n) is 2.35. The molecule has 0 aliphatic rings. The molecule has 0 saturated heterocycles. The highest BCUT2D eigenvalue weighted by Crippen LogP contribution is 2.27. The Labute approximate surface area is 158 Å². The summed E-state index contributed by atoms with van der Waals surface area (Å²) in [6.07, 6.45) is 1.34. The van der Waals surface area contributed by atoms with E-state index in [0.717, 1.165) is 5.56 Å². The van der Waals surface area contributed by atoms with Gasteiger partial charge in [0.05, 0.1) is 11.1 Å². The summed E-state index contributed by atoms with van der Waals surface area (Å²) in [5.41, 5.74) is 5.01. The Kier molecular flexibility index (Phi) is 6.28. The summed E-state index contributed by atoms with van der Waals surface area (Å²) in [7, 11) is 0. The van der Waals surface area contributed by atoms with Crippen LogP contribution in [0.15, 0.2) is 47.6 Å². The van der Waals surface area contributed by atoms with Crippen molar-refractivity contribution < 1.29 is 14.5 Å². The normalized spacial score (nSPS) is 11.4. The van der Waals surface area contributed by atoms with Crippen LogP contribution in [0.2, 0.25) is 0 Å². The second-order valence-corrected chi connectivity index (χ2v) is 7.16. The third kappa shape index (κ3) is 5.91. The molecular formula is C20H23N3O4. The van der Waals surface area contributed by atoms with Crippen LogP contribution >= 0.6 is 0 Å². The lowest BCUT2D eigenvalue weighted by atomic mass is 9.86. The van der Waals surface area contributed by atoms with E-state index in [1.807, 2.05) is 25.1 Å². The maximum atomic E-state index is 11.9. The number of nitro benzene ring substituents is 1. The Balaban J connectivity index is 1.89. The van der Waals surface area contributed by atoms with Gasteiger partial charge >= 0.3 is 0 Å². The minimum absolute atomic E-state index is 0.0391. The minimum Gasteiger partial charge on any atom is -0.483 e. The summed E-state index contributed by atoms with van der Waals surface area (Å²) in [6, 6.07) is 11.8. The van der Waals surface area contributed by atoms with Gasteiger partial charge in [-0.1, -0.05) is 45.0 Å². The Hall–Kier alpha value is -3.22. The topological polar surface area (TPSA) is 93.8 Å². The van der Waals surface area contributed by atoms with Gasteiger partial charge < -0.3 is 4.74 Å². The van der Waals surface area contributed by atoms with Crippen molar-refractivity contribution in [2.24, 2.45) is 5.10 Å². The van der Waals surface area contributed by atoms with Gasteiger partial charge in [0, 0.05) is 17.7 Å². The zero-order valence-corrected chi connectivity index (χ0v) is 15.9. The highest BCUT2D eigenvalue weighted by atomic mass is 16.6. The highest BCUT2D eigenvalue weighted by Gasteiger charge is 2.15. The van der Waals surface area contributed by atoms with Crippen LogP contribution in [0.3, 0.4) is 0 Å². The average Bonchev–Trinajstić information content (AvgIpc) is 2.60. The van der Waals surface area contributed by atoms with Gasteiger partial charge in [-0.25, -0.2) is 5.43 Å². The van der Waals surface area contributed by atoms with E-state index < -0.39 is 10.8 Å². The number of non-ortho nitro benzene ring substituents is 1. The fraction of sp³-hybridized carbons (Fsp3) is 0.300. The summed E-state index contributed by atoms with van der Waals surface area (Å²) in [5.74, 6) is 0.219. The van der Waals surface area contributed by atoms with Gasteiger partial charge in [0.1, 0.15) is 5.75 Å². The van der Waals surface area contributed by atoms with Crippen molar-refractivity contribution >= 4 is 17.8 Å². The first-order valence-corrected chi connectivity index (χ1v) is 8.47. The van der Waals surface area contributed by atoms with Crippen molar-refractivity contribution in [1.82, 2.24) is 5.43 Å². The third-order valence-electron chi connectivity index (χ3n) is 3.88. The number of hydrogen-bond donors (Lipinski definition) is 1. The lowest BCUT2D eigenvalue weighted by molar-refractivity contribution is -0.384. The molecule has 0 saturated carbocycles. The van der Waals surface area contributed by atoms with Gasteiger partial charge in [-0.2, -0.15) is 5.10 Å². The Morgan fingerprint density at radius 2 is 2.00 bits per heavy atom. The van der Waals surface area contributed by atoms with E-state index in [1.54, 1.807) is 12.1 Å². The quantitative estimate of drug-likeness (QED) is 0.477. The predicted molar refractivity (Wildman–Crippen MR) is 104 cm³/mol. The number of aryl methyl sites for hydroxylation is 1. The van der Waals surface area contributed by atoms with E-state index in [0.29, 0.717) is 11.3 Å². The molecule has 27 heavy (non-hydrogen) atoms. The Bertz CT molecular complexity index is 870. The van der Waals surface area contributed by atoms with E-state index in [-0.39, 0.29) is 17.7 Å². The molecule has 7 nitrogen and oxygen atoms in total. The smallest absolute Gasteiger partial charge is 0.277 e. The zero-order valence-electron chi connectivity index (χ0n) is 15.9. The third-order valence-corrected chi connectivity index (χ3v) is 3.88. The number of benzene rings is 2. The molecule has 0 heterocycles. The Morgan fingerprint density at radius 1 is 1.26 bits per heavy atom. The highest BCUT2D eigenvalue weighted by molar-refractivity contribution is 5.83. The van der Waals surface area contributed by atoms with Gasteiger partial charge in [-0.05, 0) is 29.5 Å². The summed E-state index contributed by atoms with van der Waals surface area (Å²) >= 11 is 0. The largest absolute Gasteiger partial charge is 0.483 e. The van der Waals surface area contributed by atoms with Crippen molar-refractivity contribution in [3.05, 3.63) is 69.3 Å². The second kappa shape index (κ2) is 8.44. The van der Waals surface area contributed by atoms with Gasteiger partial charge in [0.2, 0.25) is 0 Å². The van der Waals surface area contributed by atoms with E-state index >= 15 is 0 Å². The molecular weight excluding hydrogens is 346 g/mol. The van der Waals surface area contributed by atoms with E-state index in [1.165, 1.54) is 23.9 Å². The number of carbonyl (C=O) groups is 1. The number of carbonyl (C=O) groups excluding carboxylic acids is 1. The van der Waals surface area contributed by atoms with Crippen LogP contribution in [0, 0.1) is 17.0 Å². The molecule has 1 N–H and O–H groups in total. The molecule has 0 atom stereocenters. The number of nitrogens with one attached hydrogen (secondary N) is 1. The first-order valence-electron chi connectivity index (χ1n) is 8.47. The van der Waals surface area contributed by atoms with Crippen molar-refractivity contribution in [3.63, 3.8) is 0 Å². The Morgan fingerprint density at radius 3 is 2.63 bits per heavy atom. The van der Waals surface area contributed by atoms with Gasteiger partial charge in [0.25, 0.3) is 11.6 Å². The molecule has 2 rings (SSSR count). The predicted octanol–water partition coefficient (Wildman–Crippen LogP) is 3.73. The molecule has 142 valence electrons. The first-order chi connectivity index (χ1) is 12.7. The van der Waals surface area contributed by atoms with Crippen molar-refractivity contribution in [2.75, 3.05) is 6.61 Å². The van der Waals surface area contributed by atoms with Gasteiger partial charge in [-0.3, -0.25) is 14.9 Å². The molecule has 0 unspecified atom stereocenters. The second-order valence-electron chi connectivity index (χ2n) is 7.16. The first kappa shape index (κ1) is 20.1. The summed E-state index contributed by atoms with van der Waals surface area (Å²) in [4.78, 5) is 22.1. The standard InChI is InChI=1S/C20H23N3O4/c1-14-10-16(20(2,3)4)8-9-18(14)27-13-19(24)22-21-12-15-6-5-7-17(11-15)23(25)26/h5-12H,13H2,1-4H3,(H,22,24)/b21-12-. The molecule has 2 aromatic carbocycles. The number of rotatable bonds is 6. The van der Waals surface area contributed by atoms with Gasteiger partial charge in [0.15, 0.2) is 6.61 Å². The van der Waals surface area contributed by atoms with E-state index in [9.17, 15) is 14.9 Å². The van der Waals surface area contributed by atoms with Crippen LogP contribution < -0.4 is 10.2 Å². The lowest BCUT2D eigenvalue weighted by Gasteiger charge is -2.20. The minimum atomic E-state index is -0.489. The number of hydrazone groups is 1. The van der Waals surface area contributed by atoms with Crippen LogP contribution in [-0.4, -0.2) is 23.7 Å². The monoisotopic (exact) mass is 369 g/mol. The summed E-state index contributed by atoms with van der Waals surface area (Å²) in [6.45, 7) is 8.16. The number of hydrogen-bond acceptors (Lipinski definition) is 5. The molecule has 0 radical (unpaired) electrons. The van der Waals surface area contributed by atoms with Crippen molar-refractivity contribution in [3.8, 4) is 5.75 Å². The van der Waals surface area contributed by atoms with Crippen LogP contribution in [0.4, 0.5) is 5.69 Å². The lowest BCUT2D eigenvalue weighted by Crippen LogP contribution is -2.24. The molecule has 1 amide bonds. The van der Waals surface area contributed by atoms with E-state index in [2.05, 4.69) is 31.3 Å². The number of ether oxygens (including phenoxy) is 1. The zero-order chi connectivity index (χ0) is 20.0. The van der Waals surface area contributed by atoms with Crippen LogP contribution in [0.1, 0.15) is 37.5 Å².